The molecule has 38 heavy (non-hydrogen) atoms. The van der Waals surface area contributed by atoms with Gasteiger partial charge in [0, 0.05) is 30.4 Å². The summed E-state index contributed by atoms with van der Waals surface area (Å²) in [5.41, 5.74) is 2.72. The Labute approximate surface area is 225 Å². The highest BCUT2D eigenvalue weighted by atomic mass is 35.5. The van der Waals surface area contributed by atoms with Crippen molar-refractivity contribution >= 4 is 46.7 Å². The van der Waals surface area contributed by atoms with Crippen LogP contribution in [-0.4, -0.2) is 50.6 Å². The highest BCUT2D eigenvalue weighted by molar-refractivity contribution is 6.32. The third-order valence-corrected chi connectivity index (χ3v) is 5.80. The molecular formula is C23H22Cl2F3N7O3. The van der Waals surface area contributed by atoms with Crippen molar-refractivity contribution in [3.63, 3.8) is 0 Å². The number of benzene rings is 1. The van der Waals surface area contributed by atoms with Gasteiger partial charge in [0.05, 0.1) is 16.3 Å². The average molecular weight is 572 g/mol. The van der Waals surface area contributed by atoms with Crippen molar-refractivity contribution < 1.29 is 27.6 Å². The van der Waals surface area contributed by atoms with Crippen molar-refractivity contribution in [1.29, 1.82) is 0 Å². The van der Waals surface area contributed by atoms with Gasteiger partial charge < -0.3 is 10.2 Å². The summed E-state index contributed by atoms with van der Waals surface area (Å²) in [4.78, 5) is 43.7. The van der Waals surface area contributed by atoms with Gasteiger partial charge in [0.25, 0.3) is 11.8 Å². The number of hydrazine groups is 1. The van der Waals surface area contributed by atoms with E-state index in [1.807, 2.05) is 0 Å². The Bertz CT molecular complexity index is 1370. The number of aromatic nitrogens is 3. The second-order valence-electron chi connectivity index (χ2n) is 7.79. The zero-order chi connectivity index (χ0) is 28.2. The van der Waals surface area contributed by atoms with Crippen molar-refractivity contribution in [1.82, 2.24) is 30.5 Å². The predicted octanol–water partition coefficient (Wildman–Crippen LogP) is 4.85. The van der Waals surface area contributed by atoms with Crippen LogP contribution in [0.15, 0.2) is 36.5 Å². The second kappa shape index (κ2) is 11.7. The Kier molecular flexibility index (Phi) is 8.84. The Hall–Kier alpha value is -3.84. The molecule has 3 rings (SSSR count). The van der Waals surface area contributed by atoms with Gasteiger partial charge in [-0.3, -0.25) is 15.0 Å². The molecule has 3 N–H and O–H groups in total. The van der Waals surface area contributed by atoms with Crippen LogP contribution in [0.5, 0.6) is 0 Å². The molecule has 0 saturated heterocycles. The largest absolute Gasteiger partial charge is 0.435 e. The van der Waals surface area contributed by atoms with Gasteiger partial charge in [-0.15, -0.1) is 0 Å². The molecule has 0 atom stereocenters. The standard InChI is InChI=1S/C23H22Cl2F3N7O3/c1-4-34(5-2)22(38)32-31-20(36)14-10-13(24)9-12(3)18(14)30-21(37)16-11-17(23(26,27)28)33-35(16)19-15(25)7-6-8-29-19/h6-11H,4-5H2,1-3H3,(H,30,37)(H,31,36)(H,32,38). The lowest BCUT2D eigenvalue weighted by Gasteiger charge is -2.20. The first-order valence-corrected chi connectivity index (χ1v) is 11.9. The number of pyridine rings is 1. The van der Waals surface area contributed by atoms with Gasteiger partial charge in [-0.1, -0.05) is 23.2 Å². The topological polar surface area (TPSA) is 121 Å². The maximum Gasteiger partial charge on any atom is 0.435 e. The molecule has 0 aliphatic rings. The first kappa shape index (κ1) is 28.7. The second-order valence-corrected chi connectivity index (χ2v) is 8.63. The third kappa shape index (κ3) is 6.34. The van der Waals surface area contributed by atoms with Crippen molar-refractivity contribution in [3.8, 4) is 5.82 Å². The molecule has 0 unspecified atom stereocenters. The van der Waals surface area contributed by atoms with E-state index >= 15 is 0 Å². The lowest BCUT2D eigenvalue weighted by Crippen LogP contribution is -2.48. The van der Waals surface area contributed by atoms with Gasteiger partial charge in [-0.2, -0.15) is 18.3 Å². The molecule has 1 aromatic carbocycles. The Balaban J connectivity index is 1.98. The number of hydrogen-bond donors (Lipinski definition) is 3. The first-order valence-electron chi connectivity index (χ1n) is 11.1. The quantitative estimate of drug-likeness (QED) is 0.365. The number of halogens is 5. The summed E-state index contributed by atoms with van der Waals surface area (Å²) in [7, 11) is 0. The van der Waals surface area contributed by atoms with Crippen LogP contribution in [0.3, 0.4) is 0 Å². The Morgan fingerprint density at radius 2 is 1.74 bits per heavy atom. The number of amides is 4. The maximum absolute atomic E-state index is 13.5. The molecule has 10 nitrogen and oxygen atoms in total. The van der Waals surface area contributed by atoms with E-state index in [4.69, 9.17) is 23.2 Å². The van der Waals surface area contributed by atoms with Crippen molar-refractivity contribution in [2.75, 3.05) is 18.4 Å². The number of carbonyl (C=O) groups is 3. The zero-order valence-corrected chi connectivity index (χ0v) is 21.8. The fourth-order valence-electron chi connectivity index (χ4n) is 3.41. The Morgan fingerprint density at radius 3 is 2.34 bits per heavy atom. The summed E-state index contributed by atoms with van der Waals surface area (Å²) in [6.45, 7) is 5.83. The van der Waals surface area contributed by atoms with E-state index in [-0.39, 0.29) is 27.1 Å². The lowest BCUT2D eigenvalue weighted by molar-refractivity contribution is -0.141. The molecular weight excluding hydrogens is 550 g/mol. The lowest BCUT2D eigenvalue weighted by atomic mass is 10.1. The van der Waals surface area contributed by atoms with Gasteiger partial charge >= 0.3 is 12.2 Å². The predicted molar refractivity (Wildman–Crippen MR) is 134 cm³/mol. The van der Waals surface area contributed by atoms with Crippen LogP contribution in [0.2, 0.25) is 10.0 Å². The van der Waals surface area contributed by atoms with E-state index in [1.165, 1.54) is 42.3 Å². The molecule has 202 valence electrons. The smallest absolute Gasteiger partial charge is 0.324 e. The fourth-order valence-corrected chi connectivity index (χ4v) is 3.88. The fraction of sp³-hybridized carbons (Fsp3) is 0.261. The third-order valence-electron chi connectivity index (χ3n) is 5.29. The minimum atomic E-state index is -4.87. The van der Waals surface area contributed by atoms with Crippen LogP contribution in [-0.2, 0) is 6.18 Å². The molecule has 4 amide bonds. The van der Waals surface area contributed by atoms with Crippen molar-refractivity contribution in [3.05, 3.63) is 69.1 Å². The van der Waals surface area contributed by atoms with E-state index in [2.05, 4.69) is 26.3 Å². The number of alkyl halides is 3. The van der Waals surface area contributed by atoms with Gasteiger partial charge in [0.15, 0.2) is 11.5 Å². The summed E-state index contributed by atoms with van der Waals surface area (Å²) in [6, 6.07) is 5.48. The molecule has 15 heteroatoms. The molecule has 2 heterocycles. The molecule has 0 aliphatic heterocycles. The van der Waals surface area contributed by atoms with Crippen LogP contribution in [0.25, 0.3) is 5.82 Å². The number of carbonyl (C=O) groups excluding carboxylic acids is 3. The molecule has 0 fully saturated rings. The molecule has 0 radical (unpaired) electrons. The average Bonchev–Trinajstić information content (AvgIpc) is 3.31. The number of aryl methyl sites for hydroxylation is 1. The van der Waals surface area contributed by atoms with Crippen LogP contribution in [0.4, 0.5) is 23.7 Å². The van der Waals surface area contributed by atoms with Crippen LogP contribution >= 0.6 is 23.2 Å². The minimum absolute atomic E-state index is 0.0509. The number of hydrogen-bond acceptors (Lipinski definition) is 5. The summed E-state index contributed by atoms with van der Waals surface area (Å²) >= 11 is 12.2. The Morgan fingerprint density at radius 1 is 1.05 bits per heavy atom. The normalized spacial score (nSPS) is 11.2. The summed E-state index contributed by atoms with van der Waals surface area (Å²) in [6.07, 6.45) is -3.60. The number of nitrogens with zero attached hydrogens (tertiary/aromatic N) is 4. The van der Waals surface area contributed by atoms with Crippen molar-refractivity contribution in [2.24, 2.45) is 0 Å². The monoisotopic (exact) mass is 571 g/mol. The molecule has 0 spiro atoms. The van der Waals surface area contributed by atoms with Gasteiger partial charge in [0.2, 0.25) is 0 Å². The van der Waals surface area contributed by atoms with E-state index in [0.29, 0.717) is 29.4 Å². The highest BCUT2D eigenvalue weighted by Crippen LogP contribution is 2.31. The summed E-state index contributed by atoms with van der Waals surface area (Å²) < 4.78 is 41.0. The summed E-state index contributed by atoms with van der Waals surface area (Å²) in [5, 5.41) is 6.02. The van der Waals surface area contributed by atoms with E-state index in [1.54, 1.807) is 13.8 Å². The zero-order valence-electron chi connectivity index (χ0n) is 20.3. The van der Waals surface area contributed by atoms with E-state index in [0.717, 1.165) is 0 Å². The van der Waals surface area contributed by atoms with Gasteiger partial charge in [-0.05, 0) is 50.6 Å². The summed E-state index contributed by atoms with van der Waals surface area (Å²) in [5.74, 6) is -2.08. The maximum atomic E-state index is 13.5. The number of anilines is 1. The molecule has 0 bridgehead atoms. The molecule has 3 aromatic rings. The highest BCUT2D eigenvalue weighted by Gasteiger charge is 2.37. The van der Waals surface area contributed by atoms with Crippen LogP contribution < -0.4 is 16.2 Å². The number of nitrogens with one attached hydrogen (secondary N) is 3. The van der Waals surface area contributed by atoms with Gasteiger partial charge in [0.1, 0.15) is 5.69 Å². The minimum Gasteiger partial charge on any atom is -0.324 e. The van der Waals surface area contributed by atoms with Crippen LogP contribution in [0.1, 0.15) is 46.0 Å². The van der Waals surface area contributed by atoms with Crippen LogP contribution in [0, 0.1) is 6.92 Å². The SMILES string of the molecule is CCN(CC)C(=O)NNC(=O)c1cc(Cl)cc(C)c1NC(=O)c1cc(C(F)(F)F)nn1-c1ncccc1Cl. The number of urea groups is 1. The first-order chi connectivity index (χ1) is 17.9. The molecule has 2 aromatic heterocycles. The molecule has 0 aliphatic carbocycles. The number of rotatable bonds is 6. The van der Waals surface area contributed by atoms with E-state index < -0.39 is 35.4 Å². The van der Waals surface area contributed by atoms with Crippen molar-refractivity contribution in [2.45, 2.75) is 26.9 Å². The molecule has 0 saturated carbocycles. The van der Waals surface area contributed by atoms with Gasteiger partial charge in [-0.25, -0.2) is 19.9 Å². The van der Waals surface area contributed by atoms with E-state index in [9.17, 15) is 27.6 Å².